The van der Waals surface area contributed by atoms with E-state index < -0.39 is 5.76 Å². The second-order valence-corrected chi connectivity index (χ2v) is 7.30. The molecule has 0 aliphatic carbocycles. The zero-order chi connectivity index (χ0) is 18.7. The monoisotopic (exact) mass is 418 g/mol. The minimum absolute atomic E-state index is 0.0392. The van der Waals surface area contributed by atoms with Crippen LogP contribution in [-0.4, -0.2) is 52.7 Å². The van der Waals surface area contributed by atoms with E-state index in [-0.39, 0.29) is 28.3 Å². The summed E-state index contributed by atoms with van der Waals surface area (Å²) in [5.41, 5.74) is 0.189. The number of aromatic nitrogens is 2. The molecule has 0 unspecified atom stereocenters. The lowest BCUT2D eigenvalue weighted by Gasteiger charge is -2.35. The number of piperazine rings is 1. The lowest BCUT2D eigenvalue weighted by atomic mass is 10.2. The predicted octanol–water partition coefficient (Wildman–Crippen LogP) is 4.06. The van der Waals surface area contributed by atoms with Crippen LogP contribution < -0.4 is 4.90 Å². The van der Waals surface area contributed by atoms with Crippen molar-refractivity contribution in [3.63, 3.8) is 0 Å². The molecule has 1 amide bonds. The number of nitrogens with zero attached hydrogens (tertiary/aromatic N) is 4. The molecule has 2 aromatic heterocycles. The molecule has 1 aliphatic rings. The third-order valence-corrected chi connectivity index (χ3v) is 5.07. The van der Waals surface area contributed by atoms with Gasteiger partial charge in [0.15, 0.2) is 0 Å². The first-order chi connectivity index (χ1) is 12.5. The smallest absolute Gasteiger partial charge is 0.290 e. The molecule has 0 radical (unpaired) electrons. The number of pyridine rings is 2. The first kappa shape index (κ1) is 19.1. The SMILES string of the molecule is O=C(c1cccnc1SC(F)F)N1CCN(c2ncc(Cl)cc2Cl)CC1. The molecule has 138 valence electrons. The lowest BCUT2D eigenvalue weighted by molar-refractivity contribution is 0.0742. The van der Waals surface area contributed by atoms with Gasteiger partial charge in [-0.3, -0.25) is 4.79 Å². The van der Waals surface area contributed by atoms with E-state index in [0.29, 0.717) is 42.0 Å². The van der Waals surface area contributed by atoms with E-state index in [1.165, 1.54) is 18.5 Å². The molecule has 1 aliphatic heterocycles. The normalized spacial score (nSPS) is 14.8. The van der Waals surface area contributed by atoms with Crippen LogP contribution in [0.25, 0.3) is 0 Å². The van der Waals surface area contributed by atoms with Gasteiger partial charge in [-0.2, -0.15) is 8.78 Å². The number of thioether (sulfide) groups is 1. The summed E-state index contributed by atoms with van der Waals surface area (Å²) in [5.74, 6) is -2.33. The molecular weight excluding hydrogens is 405 g/mol. The number of amides is 1. The summed E-state index contributed by atoms with van der Waals surface area (Å²) in [7, 11) is 0. The summed E-state index contributed by atoms with van der Waals surface area (Å²) in [5, 5.41) is 0.936. The van der Waals surface area contributed by atoms with Gasteiger partial charge in [0.25, 0.3) is 11.7 Å². The Morgan fingerprint density at radius 2 is 1.92 bits per heavy atom. The van der Waals surface area contributed by atoms with Gasteiger partial charge in [0.1, 0.15) is 10.8 Å². The Balaban J connectivity index is 1.69. The van der Waals surface area contributed by atoms with Crippen molar-refractivity contribution in [3.8, 4) is 0 Å². The van der Waals surface area contributed by atoms with Crippen LogP contribution >= 0.6 is 35.0 Å². The molecular formula is C16H14Cl2F2N4OS. The van der Waals surface area contributed by atoms with Crippen LogP contribution in [0, 0.1) is 0 Å². The largest absolute Gasteiger partial charge is 0.352 e. The summed E-state index contributed by atoms with van der Waals surface area (Å²) < 4.78 is 25.3. The van der Waals surface area contributed by atoms with E-state index in [4.69, 9.17) is 23.2 Å². The molecule has 0 spiro atoms. The summed E-state index contributed by atoms with van der Waals surface area (Å²) in [6.07, 6.45) is 2.91. The number of hydrogen-bond donors (Lipinski definition) is 0. The Hall–Kier alpha value is -1.64. The highest BCUT2D eigenvalue weighted by molar-refractivity contribution is 7.99. The minimum Gasteiger partial charge on any atom is -0.352 e. The maximum absolute atomic E-state index is 12.7. The van der Waals surface area contributed by atoms with E-state index in [0.717, 1.165) is 0 Å². The van der Waals surface area contributed by atoms with Gasteiger partial charge in [0, 0.05) is 38.6 Å². The molecule has 3 rings (SSSR count). The van der Waals surface area contributed by atoms with Gasteiger partial charge in [-0.25, -0.2) is 9.97 Å². The van der Waals surface area contributed by atoms with Gasteiger partial charge in [0.05, 0.1) is 15.6 Å². The van der Waals surface area contributed by atoms with Crippen LogP contribution in [0.3, 0.4) is 0 Å². The van der Waals surface area contributed by atoms with Crippen molar-refractivity contribution in [1.82, 2.24) is 14.9 Å². The number of carbonyl (C=O) groups excluding carboxylic acids is 1. The van der Waals surface area contributed by atoms with Crippen molar-refractivity contribution in [2.24, 2.45) is 0 Å². The first-order valence-electron chi connectivity index (χ1n) is 7.71. The van der Waals surface area contributed by atoms with Crippen molar-refractivity contribution in [2.75, 3.05) is 31.1 Å². The van der Waals surface area contributed by atoms with Crippen LogP contribution in [0.15, 0.2) is 35.6 Å². The van der Waals surface area contributed by atoms with Crippen LogP contribution in [0.4, 0.5) is 14.6 Å². The number of carbonyl (C=O) groups is 1. The van der Waals surface area contributed by atoms with Crippen molar-refractivity contribution in [1.29, 1.82) is 0 Å². The third kappa shape index (κ3) is 4.36. The lowest BCUT2D eigenvalue weighted by Crippen LogP contribution is -2.49. The zero-order valence-electron chi connectivity index (χ0n) is 13.4. The molecule has 1 saturated heterocycles. The van der Waals surface area contributed by atoms with Crippen LogP contribution in [0.5, 0.6) is 0 Å². The van der Waals surface area contributed by atoms with E-state index in [2.05, 4.69) is 9.97 Å². The fraction of sp³-hybridized carbons (Fsp3) is 0.312. The fourth-order valence-electron chi connectivity index (χ4n) is 2.66. The molecule has 0 saturated carbocycles. The highest BCUT2D eigenvalue weighted by Gasteiger charge is 2.26. The van der Waals surface area contributed by atoms with Gasteiger partial charge in [-0.15, -0.1) is 0 Å². The van der Waals surface area contributed by atoms with Gasteiger partial charge >= 0.3 is 0 Å². The Morgan fingerprint density at radius 3 is 2.58 bits per heavy atom. The van der Waals surface area contributed by atoms with Crippen molar-refractivity contribution in [2.45, 2.75) is 10.8 Å². The van der Waals surface area contributed by atoms with Gasteiger partial charge in [0.2, 0.25) is 0 Å². The molecule has 0 atom stereocenters. The van der Waals surface area contributed by atoms with Crippen molar-refractivity contribution >= 4 is 46.7 Å². The summed E-state index contributed by atoms with van der Waals surface area (Å²) in [4.78, 5) is 24.4. The van der Waals surface area contributed by atoms with Gasteiger partial charge < -0.3 is 9.80 Å². The zero-order valence-corrected chi connectivity index (χ0v) is 15.7. The molecule has 26 heavy (non-hydrogen) atoms. The fourth-order valence-corrected chi connectivity index (χ4v) is 3.74. The minimum atomic E-state index is -2.63. The molecule has 1 fully saturated rings. The summed E-state index contributed by atoms with van der Waals surface area (Å²) in [6.45, 7) is 1.90. The highest BCUT2D eigenvalue weighted by Crippen LogP contribution is 2.29. The second kappa shape index (κ2) is 8.37. The van der Waals surface area contributed by atoms with Crippen LogP contribution in [-0.2, 0) is 0 Å². The average molecular weight is 419 g/mol. The molecule has 5 nitrogen and oxygen atoms in total. The Bertz CT molecular complexity index is 804. The summed E-state index contributed by atoms with van der Waals surface area (Å²) >= 11 is 12.3. The first-order valence-corrected chi connectivity index (χ1v) is 9.34. The average Bonchev–Trinajstić information content (AvgIpc) is 2.61. The molecule has 2 aromatic rings. The number of anilines is 1. The predicted molar refractivity (Wildman–Crippen MR) is 98.5 cm³/mol. The van der Waals surface area contributed by atoms with E-state index in [1.54, 1.807) is 17.0 Å². The Kier molecular flexibility index (Phi) is 6.16. The van der Waals surface area contributed by atoms with E-state index in [1.807, 2.05) is 4.90 Å². The van der Waals surface area contributed by atoms with Crippen LogP contribution in [0.1, 0.15) is 10.4 Å². The highest BCUT2D eigenvalue weighted by atomic mass is 35.5. The van der Waals surface area contributed by atoms with Crippen molar-refractivity contribution in [3.05, 3.63) is 46.2 Å². The number of halogens is 4. The Labute approximate surface area is 163 Å². The van der Waals surface area contributed by atoms with Gasteiger partial charge in [-0.05, 0) is 30.0 Å². The summed E-state index contributed by atoms with van der Waals surface area (Å²) in [6, 6.07) is 4.70. The number of alkyl halides is 2. The number of hydrogen-bond acceptors (Lipinski definition) is 5. The topological polar surface area (TPSA) is 49.3 Å². The molecule has 0 aromatic carbocycles. The molecule has 0 bridgehead atoms. The molecule has 3 heterocycles. The standard InChI is InChI=1S/C16H14Cl2F2N4OS/c17-10-8-12(18)13(22-9-10)23-4-6-24(7-5-23)15(25)11-2-1-3-21-14(11)26-16(19)20/h1-3,8-9,16H,4-7H2. The quantitative estimate of drug-likeness (QED) is 0.700. The van der Waals surface area contributed by atoms with E-state index in [9.17, 15) is 13.6 Å². The second-order valence-electron chi connectivity index (χ2n) is 5.47. The van der Waals surface area contributed by atoms with Gasteiger partial charge in [-0.1, -0.05) is 23.2 Å². The Morgan fingerprint density at radius 1 is 1.19 bits per heavy atom. The third-order valence-electron chi connectivity index (χ3n) is 3.86. The maximum Gasteiger partial charge on any atom is 0.290 e. The van der Waals surface area contributed by atoms with Crippen molar-refractivity contribution < 1.29 is 13.6 Å². The molecule has 0 N–H and O–H groups in total. The number of rotatable bonds is 4. The molecule has 10 heteroatoms. The van der Waals surface area contributed by atoms with Crippen LogP contribution in [0.2, 0.25) is 10.0 Å². The van der Waals surface area contributed by atoms with E-state index >= 15 is 0 Å². The maximum atomic E-state index is 12.7.